The summed E-state index contributed by atoms with van der Waals surface area (Å²) in [6.07, 6.45) is -0.943. The molecular formula is C9H14O4Y-2. The Kier molecular flexibility index (Phi) is 9.84. The van der Waals surface area contributed by atoms with Gasteiger partial charge in [-0.25, -0.2) is 0 Å². The zero-order valence-corrected chi connectivity index (χ0v) is 11.3. The third-order valence-electron chi connectivity index (χ3n) is 1.33. The number of hydrogen-bond donors (Lipinski definition) is 0. The summed E-state index contributed by atoms with van der Waals surface area (Å²) < 4.78 is 9.56. The molecular weight excluding hydrogens is 261 g/mol. The van der Waals surface area contributed by atoms with Crippen LogP contribution in [0.25, 0.3) is 0 Å². The molecule has 0 N–H and O–H groups in total. The van der Waals surface area contributed by atoms with Gasteiger partial charge in [0.05, 0.1) is 6.10 Å². The van der Waals surface area contributed by atoms with Crippen molar-refractivity contribution in [1.29, 1.82) is 0 Å². The smallest absolute Gasteiger partial charge is 0.302 e. The van der Waals surface area contributed by atoms with Crippen LogP contribution in [0.15, 0.2) is 0 Å². The number of hydrogen-bond acceptors (Lipinski definition) is 4. The van der Waals surface area contributed by atoms with E-state index in [0.29, 0.717) is 6.42 Å². The van der Waals surface area contributed by atoms with Gasteiger partial charge in [0.25, 0.3) is 5.97 Å². The molecule has 0 saturated carbocycles. The van der Waals surface area contributed by atoms with Gasteiger partial charge >= 0.3 is 5.97 Å². The Bertz CT molecular complexity index is 193. The molecule has 0 aromatic carbocycles. The van der Waals surface area contributed by atoms with Crippen LogP contribution in [0, 0.1) is 13.8 Å². The zero-order valence-electron chi connectivity index (χ0n) is 8.49. The van der Waals surface area contributed by atoms with Crippen LogP contribution in [0.2, 0.25) is 0 Å². The zero-order chi connectivity index (χ0) is 10.4. The molecule has 0 aliphatic rings. The van der Waals surface area contributed by atoms with Crippen LogP contribution in [0.1, 0.15) is 20.3 Å². The van der Waals surface area contributed by atoms with E-state index in [1.165, 1.54) is 13.8 Å². The van der Waals surface area contributed by atoms with Crippen LogP contribution in [0.3, 0.4) is 0 Å². The Morgan fingerprint density at radius 3 is 1.93 bits per heavy atom. The third-order valence-corrected chi connectivity index (χ3v) is 1.33. The van der Waals surface area contributed by atoms with Gasteiger partial charge in [-0.3, -0.25) is 16.5 Å². The van der Waals surface area contributed by atoms with Gasteiger partial charge in [-0.05, 0) is 0 Å². The Morgan fingerprint density at radius 1 is 1.21 bits per heavy atom. The van der Waals surface area contributed by atoms with Crippen molar-refractivity contribution in [1.82, 2.24) is 0 Å². The van der Waals surface area contributed by atoms with Crippen LogP contribution >= 0.6 is 0 Å². The third kappa shape index (κ3) is 7.45. The SMILES string of the molecule is [CH2-]C[C@H](OC(C)=O)[C@H]([CH2-])OC(C)=O.[Y]. The van der Waals surface area contributed by atoms with Crippen molar-refractivity contribution in [2.75, 3.05) is 0 Å². The molecule has 2 atom stereocenters. The van der Waals surface area contributed by atoms with Gasteiger partial charge in [0.15, 0.2) is 0 Å². The molecule has 0 saturated heterocycles. The van der Waals surface area contributed by atoms with Gasteiger partial charge in [-0.2, -0.15) is 0 Å². The van der Waals surface area contributed by atoms with Crippen molar-refractivity contribution in [3.05, 3.63) is 13.8 Å². The molecule has 0 aliphatic heterocycles. The molecule has 0 heterocycles. The largest absolute Gasteiger partial charge is 0.492 e. The van der Waals surface area contributed by atoms with E-state index in [4.69, 9.17) is 9.47 Å². The quantitative estimate of drug-likeness (QED) is 0.565. The monoisotopic (exact) mass is 275 g/mol. The van der Waals surface area contributed by atoms with Crippen molar-refractivity contribution in [2.24, 2.45) is 0 Å². The topological polar surface area (TPSA) is 52.6 Å². The number of carbonyl (C=O) groups excluding carboxylic acids is 2. The van der Waals surface area contributed by atoms with Gasteiger partial charge in [-0.15, -0.1) is 6.42 Å². The molecule has 0 unspecified atom stereocenters. The summed E-state index contributed by atoms with van der Waals surface area (Å²) in [6.45, 7) is 9.65. The first-order valence-corrected chi connectivity index (χ1v) is 3.94. The fourth-order valence-electron chi connectivity index (χ4n) is 0.823. The molecule has 5 heteroatoms. The summed E-state index contributed by atoms with van der Waals surface area (Å²) in [4.78, 5) is 21.1. The molecule has 14 heavy (non-hydrogen) atoms. The van der Waals surface area contributed by atoms with Crippen LogP contribution in [0.4, 0.5) is 0 Å². The molecule has 0 rings (SSSR count). The van der Waals surface area contributed by atoms with Gasteiger partial charge in [0.2, 0.25) is 0 Å². The van der Waals surface area contributed by atoms with Gasteiger partial charge in [-0.1, -0.05) is 0 Å². The van der Waals surface area contributed by atoms with Crippen LogP contribution in [-0.4, -0.2) is 24.1 Å². The van der Waals surface area contributed by atoms with E-state index in [1.54, 1.807) is 0 Å². The maximum Gasteiger partial charge on any atom is 0.302 e. The first kappa shape index (κ1) is 16.5. The van der Waals surface area contributed by atoms with E-state index < -0.39 is 24.1 Å². The first-order valence-electron chi connectivity index (χ1n) is 3.94. The minimum atomic E-state index is -0.695. The molecule has 0 amide bonds. The van der Waals surface area contributed by atoms with E-state index in [9.17, 15) is 9.59 Å². The second-order valence-corrected chi connectivity index (χ2v) is 2.58. The predicted octanol–water partition coefficient (Wildman–Crippen LogP) is 0.906. The van der Waals surface area contributed by atoms with Crippen molar-refractivity contribution in [3.8, 4) is 0 Å². The van der Waals surface area contributed by atoms with E-state index in [1.807, 2.05) is 0 Å². The summed E-state index contributed by atoms with van der Waals surface area (Å²) in [6, 6.07) is 0. The van der Waals surface area contributed by atoms with E-state index in [0.717, 1.165) is 0 Å². The Morgan fingerprint density at radius 2 is 1.64 bits per heavy atom. The van der Waals surface area contributed by atoms with Crippen LogP contribution < -0.4 is 0 Å². The second kappa shape index (κ2) is 8.36. The second-order valence-electron chi connectivity index (χ2n) is 2.58. The summed E-state index contributed by atoms with van der Waals surface area (Å²) in [5.74, 6) is -0.889. The van der Waals surface area contributed by atoms with Gasteiger partial charge in [0, 0.05) is 52.7 Å². The number of carbonyl (C=O) groups is 2. The Hall–Kier alpha value is 0.0439. The Balaban J connectivity index is 0. The summed E-state index contributed by atoms with van der Waals surface area (Å²) in [7, 11) is 0. The molecule has 4 nitrogen and oxygen atoms in total. The molecule has 0 aromatic heterocycles. The molecule has 0 aliphatic carbocycles. The predicted molar refractivity (Wildman–Crippen MR) is 46.4 cm³/mol. The van der Waals surface area contributed by atoms with Crippen LogP contribution in [0.5, 0.6) is 0 Å². The molecule has 0 aromatic rings. The minimum absolute atomic E-state index is 0. The number of esters is 2. The standard InChI is InChI=1S/C9H14O4.Y/c1-5-9(13-8(4)11)6(2)12-7(3)10;/h6,9H,1-2,5H2,3-4H3;/q-2;/t6-,9-;/m0./s1. The van der Waals surface area contributed by atoms with E-state index in [-0.39, 0.29) is 32.7 Å². The van der Waals surface area contributed by atoms with E-state index in [2.05, 4.69) is 13.8 Å². The fourth-order valence-corrected chi connectivity index (χ4v) is 0.823. The summed E-state index contributed by atoms with van der Waals surface area (Å²) in [5, 5.41) is 0. The molecule has 0 fully saturated rings. The average Bonchev–Trinajstić information content (AvgIpc) is 1.98. The van der Waals surface area contributed by atoms with Crippen molar-refractivity contribution in [2.45, 2.75) is 32.5 Å². The molecule has 79 valence electrons. The van der Waals surface area contributed by atoms with Crippen LogP contribution in [-0.2, 0) is 51.8 Å². The van der Waals surface area contributed by atoms with E-state index >= 15 is 0 Å². The maximum atomic E-state index is 10.6. The normalized spacial score (nSPS) is 13.4. The molecule has 0 bridgehead atoms. The molecule has 1 radical (unpaired) electrons. The van der Waals surface area contributed by atoms with Crippen molar-refractivity contribution < 1.29 is 51.8 Å². The minimum Gasteiger partial charge on any atom is -0.492 e. The number of ether oxygens (including phenoxy) is 2. The average molecular weight is 275 g/mol. The van der Waals surface area contributed by atoms with Crippen molar-refractivity contribution >= 4 is 11.9 Å². The Labute approximate surface area is 110 Å². The fraction of sp³-hybridized carbons (Fsp3) is 0.556. The molecule has 0 spiro atoms. The maximum absolute atomic E-state index is 10.6. The first-order chi connectivity index (χ1) is 5.97. The summed E-state index contributed by atoms with van der Waals surface area (Å²) in [5.41, 5.74) is 0. The van der Waals surface area contributed by atoms with Gasteiger partial charge in [0.1, 0.15) is 0 Å². The van der Waals surface area contributed by atoms with Crippen molar-refractivity contribution in [3.63, 3.8) is 0 Å². The summed E-state index contributed by atoms with van der Waals surface area (Å²) >= 11 is 0. The number of rotatable bonds is 4. The van der Waals surface area contributed by atoms with Gasteiger partial charge < -0.3 is 16.4 Å².